The number of carbonyl (C=O) groups is 3. The van der Waals surface area contributed by atoms with Crippen LogP contribution < -0.4 is 10.1 Å². The molecule has 1 N–H and O–H groups in total. The molecule has 1 atom stereocenters. The van der Waals surface area contributed by atoms with Crippen molar-refractivity contribution in [3.63, 3.8) is 0 Å². The first-order valence-corrected chi connectivity index (χ1v) is 9.52. The van der Waals surface area contributed by atoms with Gasteiger partial charge in [-0.2, -0.15) is 0 Å². The second-order valence-corrected chi connectivity index (χ2v) is 7.18. The van der Waals surface area contributed by atoms with Crippen LogP contribution in [-0.4, -0.2) is 39.2 Å². The molecule has 154 valence electrons. The standard InChI is InChI=1S/C21H29NO6/c1-26-16-9-7-8-15(12-16)17(13-18(23)27-2)22-20(25)21(14-19(24)28-3)10-5-4-6-11-21/h7-9,12,17H,4-6,10-11,13-14H2,1-3H3,(H,22,25). The second kappa shape index (κ2) is 10.1. The normalized spacial score (nSPS) is 16.5. The lowest BCUT2D eigenvalue weighted by Crippen LogP contribution is -2.45. The van der Waals surface area contributed by atoms with E-state index in [4.69, 9.17) is 14.2 Å². The highest BCUT2D eigenvalue weighted by Gasteiger charge is 2.42. The van der Waals surface area contributed by atoms with Crippen LogP contribution in [0.25, 0.3) is 0 Å². The fourth-order valence-electron chi connectivity index (χ4n) is 3.73. The first-order valence-electron chi connectivity index (χ1n) is 9.52. The minimum Gasteiger partial charge on any atom is -0.497 e. The van der Waals surface area contributed by atoms with E-state index in [2.05, 4.69) is 5.32 Å². The Labute approximate surface area is 165 Å². The largest absolute Gasteiger partial charge is 0.497 e. The highest BCUT2D eigenvalue weighted by molar-refractivity contribution is 5.88. The van der Waals surface area contributed by atoms with E-state index in [1.807, 2.05) is 6.07 Å². The zero-order chi connectivity index (χ0) is 20.6. The molecule has 28 heavy (non-hydrogen) atoms. The molecule has 0 heterocycles. The van der Waals surface area contributed by atoms with E-state index in [9.17, 15) is 14.4 Å². The summed E-state index contributed by atoms with van der Waals surface area (Å²) in [6.07, 6.45) is 4.07. The fourth-order valence-corrected chi connectivity index (χ4v) is 3.73. The highest BCUT2D eigenvalue weighted by Crippen LogP contribution is 2.40. The van der Waals surface area contributed by atoms with Crippen LogP contribution in [0.4, 0.5) is 0 Å². The summed E-state index contributed by atoms with van der Waals surface area (Å²) < 4.78 is 14.9. The van der Waals surface area contributed by atoms with Crippen LogP contribution in [-0.2, 0) is 23.9 Å². The van der Waals surface area contributed by atoms with Crippen molar-refractivity contribution in [2.45, 2.75) is 51.0 Å². The summed E-state index contributed by atoms with van der Waals surface area (Å²) >= 11 is 0. The number of carbonyl (C=O) groups excluding carboxylic acids is 3. The topological polar surface area (TPSA) is 90.9 Å². The molecule has 1 amide bonds. The average Bonchev–Trinajstić information content (AvgIpc) is 2.73. The molecule has 0 aromatic heterocycles. The minimum absolute atomic E-state index is 0.0102. The third-order valence-electron chi connectivity index (χ3n) is 5.40. The molecule has 1 aliphatic rings. The maximum atomic E-state index is 13.3. The zero-order valence-electron chi connectivity index (χ0n) is 16.8. The van der Waals surface area contributed by atoms with Gasteiger partial charge in [0.2, 0.25) is 5.91 Å². The highest BCUT2D eigenvalue weighted by atomic mass is 16.5. The van der Waals surface area contributed by atoms with Crippen LogP contribution in [0.5, 0.6) is 5.75 Å². The minimum atomic E-state index is -0.807. The van der Waals surface area contributed by atoms with Crippen LogP contribution in [0.1, 0.15) is 56.6 Å². The van der Waals surface area contributed by atoms with Gasteiger partial charge < -0.3 is 19.5 Å². The Kier molecular flexibility index (Phi) is 7.84. The van der Waals surface area contributed by atoms with Crippen molar-refractivity contribution in [3.05, 3.63) is 29.8 Å². The summed E-state index contributed by atoms with van der Waals surface area (Å²) in [4.78, 5) is 37.2. The Bertz CT molecular complexity index is 696. The van der Waals surface area contributed by atoms with Crippen molar-refractivity contribution in [1.29, 1.82) is 0 Å². The van der Waals surface area contributed by atoms with Crippen molar-refractivity contribution >= 4 is 17.8 Å². The predicted molar refractivity (Wildman–Crippen MR) is 103 cm³/mol. The van der Waals surface area contributed by atoms with Gasteiger partial charge in [0, 0.05) is 0 Å². The summed E-state index contributed by atoms with van der Waals surface area (Å²) in [6, 6.07) is 6.62. The number of benzene rings is 1. The van der Waals surface area contributed by atoms with E-state index >= 15 is 0 Å². The van der Waals surface area contributed by atoms with Crippen LogP contribution in [0.15, 0.2) is 24.3 Å². The van der Waals surface area contributed by atoms with Gasteiger partial charge in [-0.3, -0.25) is 14.4 Å². The molecule has 0 bridgehead atoms. The Morgan fingerprint density at radius 1 is 1.04 bits per heavy atom. The van der Waals surface area contributed by atoms with Gasteiger partial charge in [0.05, 0.1) is 45.6 Å². The molecule has 1 aromatic carbocycles. The number of methoxy groups -OCH3 is 3. The smallest absolute Gasteiger partial charge is 0.307 e. The van der Waals surface area contributed by atoms with Gasteiger partial charge in [-0.15, -0.1) is 0 Å². The number of esters is 2. The van der Waals surface area contributed by atoms with E-state index in [1.165, 1.54) is 14.2 Å². The molecule has 1 aliphatic carbocycles. The molecule has 0 radical (unpaired) electrons. The van der Waals surface area contributed by atoms with Crippen LogP contribution >= 0.6 is 0 Å². The second-order valence-electron chi connectivity index (χ2n) is 7.18. The predicted octanol–water partition coefficient (Wildman–Crippen LogP) is 2.93. The quantitative estimate of drug-likeness (QED) is 0.685. The maximum Gasteiger partial charge on any atom is 0.307 e. The van der Waals surface area contributed by atoms with Gasteiger partial charge in [-0.25, -0.2) is 0 Å². The molecule has 1 fully saturated rings. The summed E-state index contributed by atoms with van der Waals surface area (Å²) in [7, 11) is 4.19. The number of amides is 1. The molecule has 7 heteroatoms. The van der Waals surface area contributed by atoms with E-state index < -0.39 is 23.4 Å². The molecular weight excluding hydrogens is 362 g/mol. The Balaban J connectivity index is 2.28. The number of hydrogen-bond acceptors (Lipinski definition) is 6. The van der Waals surface area contributed by atoms with Gasteiger partial charge in [0.25, 0.3) is 0 Å². The third kappa shape index (κ3) is 5.47. The molecule has 1 aromatic rings. The van der Waals surface area contributed by atoms with Crippen LogP contribution in [0.3, 0.4) is 0 Å². The SMILES string of the molecule is COC(=O)CC(NC(=O)C1(CC(=O)OC)CCCCC1)c1cccc(OC)c1. The summed E-state index contributed by atoms with van der Waals surface area (Å²) in [6.45, 7) is 0. The van der Waals surface area contributed by atoms with Crippen molar-refractivity contribution in [2.75, 3.05) is 21.3 Å². The Morgan fingerprint density at radius 3 is 2.32 bits per heavy atom. The summed E-state index contributed by atoms with van der Waals surface area (Å²) in [5.74, 6) is -0.431. The van der Waals surface area contributed by atoms with Crippen molar-refractivity contribution in [1.82, 2.24) is 5.32 Å². The lowest BCUT2D eigenvalue weighted by Gasteiger charge is -2.36. The average molecular weight is 391 g/mol. The van der Waals surface area contributed by atoms with Gasteiger partial charge in [0.15, 0.2) is 0 Å². The van der Waals surface area contributed by atoms with Crippen molar-refractivity contribution in [2.24, 2.45) is 5.41 Å². The van der Waals surface area contributed by atoms with E-state index in [1.54, 1.807) is 25.3 Å². The fraction of sp³-hybridized carbons (Fsp3) is 0.571. The first kappa shape index (κ1) is 21.7. The molecule has 1 saturated carbocycles. The van der Waals surface area contributed by atoms with Gasteiger partial charge in [0.1, 0.15) is 5.75 Å². The van der Waals surface area contributed by atoms with E-state index in [-0.39, 0.29) is 18.7 Å². The molecule has 2 rings (SSSR count). The monoisotopic (exact) mass is 391 g/mol. The van der Waals surface area contributed by atoms with Gasteiger partial charge >= 0.3 is 11.9 Å². The molecule has 0 saturated heterocycles. The van der Waals surface area contributed by atoms with Gasteiger partial charge in [-0.05, 0) is 30.5 Å². The first-order chi connectivity index (χ1) is 13.4. The van der Waals surface area contributed by atoms with Crippen LogP contribution in [0.2, 0.25) is 0 Å². The molecule has 1 unspecified atom stereocenters. The van der Waals surface area contributed by atoms with E-state index in [0.29, 0.717) is 18.6 Å². The van der Waals surface area contributed by atoms with E-state index in [0.717, 1.165) is 24.8 Å². The zero-order valence-corrected chi connectivity index (χ0v) is 16.8. The summed E-state index contributed by atoms with van der Waals surface area (Å²) in [5.41, 5.74) is -0.0689. The number of nitrogens with one attached hydrogen (secondary N) is 1. The maximum absolute atomic E-state index is 13.3. The molecule has 0 spiro atoms. The lowest BCUT2D eigenvalue weighted by molar-refractivity contribution is -0.150. The van der Waals surface area contributed by atoms with Gasteiger partial charge in [-0.1, -0.05) is 31.4 Å². The van der Waals surface area contributed by atoms with Crippen molar-refractivity contribution in [3.8, 4) is 5.75 Å². The molecular formula is C21H29NO6. The molecule has 0 aliphatic heterocycles. The number of hydrogen-bond donors (Lipinski definition) is 1. The third-order valence-corrected chi connectivity index (χ3v) is 5.40. The molecule has 7 nitrogen and oxygen atoms in total. The summed E-state index contributed by atoms with van der Waals surface area (Å²) in [5, 5.41) is 2.99. The lowest BCUT2D eigenvalue weighted by atomic mass is 9.71. The van der Waals surface area contributed by atoms with Crippen molar-refractivity contribution < 1.29 is 28.6 Å². The number of ether oxygens (including phenoxy) is 3. The Hall–Kier alpha value is -2.57. The Morgan fingerprint density at radius 2 is 1.71 bits per heavy atom. The number of rotatable bonds is 8. The van der Waals surface area contributed by atoms with Crippen LogP contribution in [0, 0.1) is 5.41 Å².